The number of benzene rings is 10. The van der Waals surface area contributed by atoms with Crippen LogP contribution < -0.4 is 4.90 Å². The highest BCUT2D eigenvalue weighted by Gasteiger charge is 2.24. The Morgan fingerprint density at radius 1 is 0.317 bits per heavy atom. The Hall–Kier alpha value is -7.98. The van der Waals surface area contributed by atoms with Gasteiger partial charge in [-0.1, -0.05) is 170 Å². The second-order valence-electron chi connectivity index (χ2n) is 16.1. The molecule has 0 aliphatic rings. The summed E-state index contributed by atoms with van der Waals surface area (Å²) in [6.07, 6.45) is 0. The number of aromatic nitrogens is 1. The van der Waals surface area contributed by atoms with Gasteiger partial charge >= 0.3 is 0 Å². The van der Waals surface area contributed by atoms with Crippen molar-refractivity contribution in [3.63, 3.8) is 0 Å². The maximum atomic E-state index is 2.48. The van der Waals surface area contributed by atoms with E-state index < -0.39 is 0 Å². The molecule has 296 valence electrons. The van der Waals surface area contributed by atoms with E-state index in [-0.39, 0.29) is 0 Å². The molecule has 0 N–H and O–H groups in total. The second-order valence-corrected chi connectivity index (χ2v) is 17.1. The highest BCUT2D eigenvalue weighted by molar-refractivity contribution is 7.25. The van der Waals surface area contributed by atoms with E-state index in [9.17, 15) is 0 Å². The van der Waals surface area contributed by atoms with Crippen LogP contribution in [0.25, 0.3) is 92.2 Å². The van der Waals surface area contributed by atoms with Crippen molar-refractivity contribution in [1.82, 2.24) is 4.57 Å². The smallest absolute Gasteiger partial charge is 0.0546 e. The van der Waals surface area contributed by atoms with E-state index in [0.717, 1.165) is 28.3 Å². The summed E-state index contributed by atoms with van der Waals surface area (Å²) in [4.78, 5) is 2.48. The summed E-state index contributed by atoms with van der Waals surface area (Å²) in [7, 11) is 0. The Morgan fingerprint density at radius 2 is 0.889 bits per heavy atom. The minimum absolute atomic E-state index is 1.09. The van der Waals surface area contributed by atoms with Gasteiger partial charge in [-0.15, -0.1) is 11.3 Å². The van der Waals surface area contributed by atoms with Crippen molar-refractivity contribution in [1.29, 1.82) is 0 Å². The SMILES string of the molecule is c1ccc(-c2ccccc2-c2c(-c3ccccc3)cccc2N(c2cccc(-c3ccc4c(c3)c3ccccc3n4-c3ccccc3)c2)c2ccc3sc4ccccc4c3c2)cc1. The fourth-order valence-electron chi connectivity index (χ4n) is 9.55. The molecule has 0 spiro atoms. The maximum Gasteiger partial charge on any atom is 0.0546 e. The lowest BCUT2D eigenvalue weighted by Crippen LogP contribution is -2.12. The Labute approximate surface area is 370 Å². The van der Waals surface area contributed by atoms with Gasteiger partial charge in [-0.25, -0.2) is 0 Å². The minimum Gasteiger partial charge on any atom is -0.310 e. The van der Waals surface area contributed by atoms with Crippen LogP contribution in [-0.2, 0) is 0 Å². The third-order valence-electron chi connectivity index (χ3n) is 12.4. The summed E-state index contributed by atoms with van der Waals surface area (Å²) >= 11 is 1.85. The summed E-state index contributed by atoms with van der Waals surface area (Å²) in [5, 5.41) is 5.02. The van der Waals surface area contributed by atoms with Crippen molar-refractivity contribution < 1.29 is 0 Å². The number of rotatable bonds is 8. The summed E-state index contributed by atoms with van der Waals surface area (Å²) in [6.45, 7) is 0. The zero-order valence-electron chi connectivity index (χ0n) is 34.4. The van der Waals surface area contributed by atoms with Gasteiger partial charge in [0.25, 0.3) is 0 Å². The largest absolute Gasteiger partial charge is 0.310 e. The fraction of sp³-hybridized carbons (Fsp3) is 0. The molecule has 63 heavy (non-hydrogen) atoms. The molecule has 0 aliphatic heterocycles. The first kappa shape index (κ1) is 36.8. The van der Waals surface area contributed by atoms with Crippen LogP contribution in [0.15, 0.2) is 243 Å². The molecule has 12 aromatic rings. The van der Waals surface area contributed by atoms with Crippen LogP contribution in [-0.4, -0.2) is 4.57 Å². The minimum atomic E-state index is 1.09. The normalized spacial score (nSPS) is 11.5. The lowest BCUT2D eigenvalue weighted by Gasteiger charge is -2.30. The van der Waals surface area contributed by atoms with Crippen molar-refractivity contribution in [3.8, 4) is 50.2 Å². The second kappa shape index (κ2) is 15.5. The first-order chi connectivity index (χ1) is 31.3. The highest BCUT2D eigenvalue weighted by Crippen LogP contribution is 2.49. The number of hydrogen-bond acceptors (Lipinski definition) is 2. The average Bonchev–Trinajstić information content (AvgIpc) is 3.90. The van der Waals surface area contributed by atoms with E-state index in [1.54, 1.807) is 0 Å². The van der Waals surface area contributed by atoms with Crippen molar-refractivity contribution in [2.75, 3.05) is 4.90 Å². The van der Waals surface area contributed by atoms with Gasteiger partial charge in [0.2, 0.25) is 0 Å². The Balaban J connectivity index is 1.11. The molecule has 0 fully saturated rings. The fourth-order valence-corrected chi connectivity index (χ4v) is 10.6. The molecule has 2 aromatic heterocycles. The molecule has 0 saturated carbocycles. The van der Waals surface area contributed by atoms with Crippen molar-refractivity contribution in [2.45, 2.75) is 0 Å². The molecule has 0 atom stereocenters. The lowest BCUT2D eigenvalue weighted by atomic mass is 9.87. The van der Waals surface area contributed by atoms with Crippen molar-refractivity contribution in [3.05, 3.63) is 243 Å². The molecule has 0 saturated heterocycles. The van der Waals surface area contributed by atoms with Crippen LogP contribution >= 0.6 is 11.3 Å². The van der Waals surface area contributed by atoms with Gasteiger partial charge in [0.1, 0.15) is 0 Å². The molecule has 10 aromatic carbocycles. The number of nitrogens with zero attached hydrogens (tertiary/aromatic N) is 2. The molecule has 2 nitrogen and oxygen atoms in total. The van der Waals surface area contributed by atoms with Gasteiger partial charge in [-0.2, -0.15) is 0 Å². The van der Waals surface area contributed by atoms with E-state index in [0.29, 0.717) is 0 Å². The molecule has 0 radical (unpaired) electrons. The molecular weight excluding hydrogens is 781 g/mol. The zero-order chi connectivity index (χ0) is 41.7. The number of fused-ring (bicyclic) bond motifs is 6. The molecule has 0 amide bonds. The van der Waals surface area contributed by atoms with Gasteiger partial charge in [-0.05, 0) is 112 Å². The first-order valence-corrected chi connectivity index (χ1v) is 22.3. The number of thiophene rings is 1. The topological polar surface area (TPSA) is 8.17 Å². The van der Waals surface area contributed by atoms with Gasteiger partial charge < -0.3 is 9.47 Å². The summed E-state index contributed by atoms with van der Waals surface area (Å²) < 4.78 is 4.96. The third-order valence-corrected chi connectivity index (χ3v) is 13.5. The standard InChI is InChI=1S/C60H40N2S/c1-4-18-41(19-5-1)48-26-10-11-29-52(48)60-49(42-20-6-2-7-21-42)30-17-32-57(60)61(47-35-37-59-54(40-47)51-28-13-15-33-58(51)63-59)46-25-16-22-43(38-46)44-34-36-56-53(39-44)50-27-12-14-31-55(50)62(56)45-23-8-3-9-24-45/h1-40H. The summed E-state index contributed by atoms with van der Waals surface area (Å²) in [6, 6.07) is 88.6. The highest BCUT2D eigenvalue weighted by atomic mass is 32.1. The van der Waals surface area contributed by atoms with Crippen LogP contribution in [0.5, 0.6) is 0 Å². The monoisotopic (exact) mass is 820 g/mol. The summed E-state index contributed by atoms with van der Waals surface area (Å²) in [5.74, 6) is 0. The van der Waals surface area contributed by atoms with Crippen LogP contribution in [0, 0.1) is 0 Å². The Bertz CT molecular complexity index is 3620. The number of anilines is 3. The molecule has 0 bridgehead atoms. The first-order valence-electron chi connectivity index (χ1n) is 21.5. The van der Waals surface area contributed by atoms with Crippen LogP contribution in [0.3, 0.4) is 0 Å². The molecular formula is C60H40N2S. The molecule has 2 heterocycles. The van der Waals surface area contributed by atoms with Crippen molar-refractivity contribution >= 4 is 70.4 Å². The Morgan fingerprint density at radius 3 is 1.70 bits per heavy atom. The number of hydrogen-bond donors (Lipinski definition) is 0. The van der Waals surface area contributed by atoms with Gasteiger partial charge in [-0.3, -0.25) is 0 Å². The molecule has 0 aliphatic carbocycles. The van der Waals surface area contributed by atoms with Crippen LogP contribution in [0.1, 0.15) is 0 Å². The third kappa shape index (κ3) is 6.41. The van der Waals surface area contributed by atoms with Gasteiger partial charge in [0, 0.05) is 53.6 Å². The van der Waals surface area contributed by atoms with Crippen LogP contribution in [0.2, 0.25) is 0 Å². The van der Waals surface area contributed by atoms with E-state index in [1.165, 1.54) is 80.9 Å². The number of para-hydroxylation sites is 2. The average molecular weight is 821 g/mol. The van der Waals surface area contributed by atoms with E-state index >= 15 is 0 Å². The van der Waals surface area contributed by atoms with Crippen LogP contribution in [0.4, 0.5) is 17.1 Å². The van der Waals surface area contributed by atoms with E-state index in [4.69, 9.17) is 0 Å². The Kier molecular flexibility index (Phi) is 9.06. The lowest BCUT2D eigenvalue weighted by molar-refractivity contribution is 1.18. The predicted octanol–water partition coefficient (Wildman–Crippen LogP) is 17.3. The quantitative estimate of drug-likeness (QED) is 0.148. The molecule has 3 heteroatoms. The summed E-state index contributed by atoms with van der Waals surface area (Å²) in [5.41, 5.74) is 16.3. The van der Waals surface area contributed by atoms with E-state index in [2.05, 4.69) is 252 Å². The van der Waals surface area contributed by atoms with Crippen molar-refractivity contribution in [2.24, 2.45) is 0 Å². The van der Waals surface area contributed by atoms with E-state index in [1.807, 2.05) is 11.3 Å². The van der Waals surface area contributed by atoms with Gasteiger partial charge in [0.05, 0.1) is 16.7 Å². The maximum absolute atomic E-state index is 2.48. The zero-order valence-corrected chi connectivity index (χ0v) is 35.2. The predicted molar refractivity (Wildman–Crippen MR) is 270 cm³/mol. The molecule has 0 unspecified atom stereocenters. The molecule has 12 rings (SSSR count). The van der Waals surface area contributed by atoms with Gasteiger partial charge in [0.15, 0.2) is 0 Å².